The van der Waals surface area contributed by atoms with Crippen molar-refractivity contribution in [2.75, 3.05) is 21.3 Å². The van der Waals surface area contributed by atoms with Gasteiger partial charge >= 0.3 is 0 Å². The first-order chi connectivity index (χ1) is 13.6. The van der Waals surface area contributed by atoms with E-state index in [0.717, 1.165) is 33.9 Å². The fourth-order valence-corrected chi connectivity index (χ4v) is 6.57. The number of hydrogen-bond donors (Lipinski definition) is 1. The summed E-state index contributed by atoms with van der Waals surface area (Å²) in [5, 5.41) is 3.40. The van der Waals surface area contributed by atoms with E-state index in [1.807, 2.05) is 42.5 Å². The molecule has 3 rings (SSSR count). The molecule has 0 heterocycles. The Morgan fingerprint density at radius 3 is 1.82 bits per heavy atom. The molecule has 146 valence electrons. The van der Waals surface area contributed by atoms with Gasteiger partial charge in [0.15, 0.2) is 0 Å². The molecule has 0 aliphatic rings. The molecule has 5 heteroatoms. The number of hydrogen-bond acceptors (Lipinski definition) is 4. The molecule has 0 amide bonds. The Bertz CT molecular complexity index is 858. The minimum absolute atomic E-state index is 0.808. The van der Waals surface area contributed by atoms with Crippen LogP contribution in [-0.4, -0.2) is 21.3 Å². The van der Waals surface area contributed by atoms with Gasteiger partial charge in [-0.05, 0) is 55.5 Å². The first-order valence-corrected chi connectivity index (χ1v) is 10.9. The van der Waals surface area contributed by atoms with Gasteiger partial charge < -0.3 is 14.2 Å². The third-order valence-electron chi connectivity index (χ3n) is 4.62. The van der Waals surface area contributed by atoms with E-state index in [1.54, 1.807) is 21.3 Å². The van der Waals surface area contributed by atoms with Gasteiger partial charge in [-0.3, -0.25) is 0 Å². The predicted molar refractivity (Wildman–Crippen MR) is 121 cm³/mol. The molecule has 0 spiro atoms. The molecule has 3 aromatic rings. The lowest BCUT2D eigenvalue weighted by molar-refractivity contribution is 0.401. The molecule has 0 saturated carbocycles. The lowest BCUT2D eigenvalue weighted by Crippen LogP contribution is -2.26. The standard InChI is InChI=1S/C23H25O3PS/c1-5-16-9-6-12-19(24-2)22(16)27(17-10-7-11-18(28)15-17)23-20(25-3)13-8-14-21(23)26-4/h6-15,28H,5H2,1-4H3. The minimum Gasteiger partial charge on any atom is -0.496 e. The molecule has 0 radical (unpaired) electrons. The van der Waals surface area contributed by atoms with E-state index in [1.165, 1.54) is 16.2 Å². The van der Waals surface area contributed by atoms with Gasteiger partial charge in [0.05, 0.1) is 26.6 Å². The largest absolute Gasteiger partial charge is 0.496 e. The monoisotopic (exact) mass is 412 g/mol. The van der Waals surface area contributed by atoms with Gasteiger partial charge in [-0.2, -0.15) is 0 Å². The zero-order valence-corrected chi connectivity index (χ0v) is 18.4. The number of rotatable bonds is 7. The van der Waals surface area contributed by atoms with E-state index in [2.05, 4.69) is 37.8 Å². The molecule has 0 fully saturated rings. The summed E-state index contributed by atoms with van der Waals surface area (Å²) in [6.07, 6.45) is 0.906. The number of aryl methyl sites for hydroxylation is 1. The molecule has 0 aliphatic carbocycles. The second-order valence-electron chi connectivity index (χ2n) is 6.19. The average molecular weight is 412 g/mol. The maximum atomic E-state index is 5.80. The van der Waals surface area contributed by atoms with Crippen LogP contribution in [0.25, 0.3) is 0 Å². The van der Waals surface area contributed by atoms with E-state index in [4.69, 9.17) is 14.2 Å². The van der Waals surface area contributed by atoms with Crippen molar-refractivity contribution in [2.24, 2.45) is 0 Å². The Kier molecular flexibility index (Phi) is 6.88. The molecular weight excluding hydrogens is 387 g/mol. The molecule has 28 heavy (non-hydrogen) atoms. The van der Waals surface area contributed by atoms with Crippen molar-refractivity contribution >= 4 is 36.5 Å². The van der Waals surface area contributed by atoms with Crippen molar-refractivity contribution in [1.82, 2.24) is 0 Å². The molecular formula is C23H25O3PS. The van der Waals surface area contributed by atoms with Crippen molar-refractivity contribution in [1.29, 1.82) is 0 Å². The van der Waals surface area contributed by atoms with Crippen LogP contribution in [0.15, 0.2) is 65.6 Å². The Morgan fingerprint density at radius 2 is 1.29 bits per heavy atom. The van der Waals surface area contributed by atoms with Crippen LogP contribution in [-0.2, 0) is 6.42 Å². The molecule has 0 saturated heterocycles. The Hall–Kier alpha value is -2.16. The molecule has 1 unspecified atom stereocenters. The van der Waals surface area contributed by atoms with E-state index < -0.39 is 7.92 Å². The smallest absolute Gasteiger partial charge is 0.130 e. The summed E-state index contributed by atoms with van der Waals surface area (Å²) in [5.74, 6) is 2.49. The second kappa shape index (κ2) is 9.36. The summed E-state index contributed by atoms with van der Waals surface area (Å²) in [6, 6.07) is 20.4. The van der Waals surface area contributed by atoms with Gasteiger partial charge in [0.2, 0.25) is 0 Å². The first kappa shape index (κ1) is 20.6. The van der Waals surface area contributed by atoms with E-state index >= 15 is 0 Å². The van der Waals surface area contributed by atoms with Gasteiger partial charge in [0.1, 0.15) is 17.2 Å². The number of methoxy groups -OCH3 is 3. The number of benzene rings is 3. The molecule has 0 bridgehead atoms. The summed E-state index contributed by atoms with van der Waals surface area (Å²) < 4.78 is 17.3. The topological polar surface area (TPSA) is 27.7 Å². The zero-order chi connectivity index (χ0) is 20.1. The van der Waals surface area contributed by atoms with Crippen LogP contribution in [0, 0.1) is 0 Å². The van der Waals surface area contributed by atoms with Gasteiger partial charge in [-0.25, -0.2) is 0 Å². The highest BCUT2D eigenvalue weighted by Crippen LogP contribution is 2.44. The minimum atomic E-state index is -0.993. The number of ether oxygens (including phenoxy) is 3. The molecule has 0 N–H and O–H groups in total. The SMILES string of the molecule is CCc1cccc(OC)c1P(c1cccc(S)c1)c1c(OC)cccc1OC. The van der Waals surface area contributed by atoms with Crippen molar-refractivity contribution in [2.45, 2.75) is 18.2 Å². The summed E-state index contributed by atoms with van der Waals surface area (Å²) in [4.78, 5) is 0.923. The maximum Gasteiger partial charge on any atom is 0.130 e. The van der Waals surface area contributed by atoms with Crippen LogP contribution in [0.4, 0.5) is 0 Å². The fourth-order valence-electron chi connectivity index (χ4n) is 3.33. The third kappa shape index (κ3) is 3.99. The van der Waals surface area contributed by atoms with Crippen molar-refractivity contribution in [3.63, 3.8) is 0 Å². The summed E-state index contributed by atoms with van der Waals surface area (Å²) in [7, 11) is 4.13. The molecule has 0 aliphatic heterocycles. The number of thiol groups is 1. The quantitative estimate of drug-likeness (QED) is 0.463. The second-order valence-corrected chi connectivity index (χ2v) is 8.79. The van der Waals surface area contributed by atoms with E-state index in [0.29, 0.717) is 0 Å². The Balaban J connectivity index is 2.40. The normalized spacial score (nSPS) is 11.8. The van der Waals surface area contributed by atoms with Crippen molar-refractivity contribution < 1.29 is 14.2 Å². The molecule has 0 aromatic heterocycles. The van der Waals surface area contributed by atoms with E-state index in [-0.39, 0.29) is 0 Å². The summed E-state index contributed by atoms with van der Waals surface area (Å²) >= 11 is 4.59. The van der Waals surface area contributed by atoms with Crippen molar-refractivity contribution in [3.05, 3.63) is 66.2 Å². The molecule has 1 atom stereocenters. The zero-order valence-electron chi connectivity index (χ0n) is 16.6. The Labute approximate surface area is 173 Å². The van der Waals surface area contributed by atoms with Crippen LogP contribution >= 0.6 is 20.6 Å². The van der Waals surface area contributed by atoms with Gasteiger partial charge in [-0.1, -0.05) is 37.3 Å². The first-order valence-electron chi connectivity index (χ1n) is 9.10. The van der Waals surface area contributed by atoms with Crippen LogP contribution < -0.4 is 30.1 Å². The van der Waals surface area contributed by atoms with Crippen molar-refractivity contribution in [3.8, 4) is 17.2 Å². The van der Waals surface area contributed by atoms with Gasteiger partial charge in [-0.15, -0.1) is 12.6 Å². The van der Waals surface area contributed by atoms with Crippen LogP contribution in [0.3, 0.4) is 0 Å². The van der Waals surface area contributed by atoms with Gasteiger partial charge in [0, 0.05) is 10.2 Å². The highest BCUT2D eigenvalue weighted by atomic mass is 32.1. The molecule has 3 nitrogen and oxygen atoms in total. The molecule has 3 aromatic carbocycles. The van der Waals surface area contributed by atoms with Crippen LogP contribution in [0.1, 0.15) is 12.5 Å². The highest BCUT2D eigenvalue weighted by molar-refractivity contribution is 7.81. The van der Waals surface area contributed by atoms with Gasteiger partial charge in [0.25, 0.3) is 0 Å². The highest BCUT2D eigenvalue weighted by Gasteiger charge is 2.28. The summed E-state index contributed by atoms with van der Waals surface area (Å²) in [5.41, 5.74) is 1.25. The maximum absolute atomic E-state index is 5.80. The lowest BCUT2D eigenvalue weighted by Gasteiger charge is -2.27. The van der Waals surface area contributed by atoms with E-state index in [9.17, 15) is 0 Å². The fraction of sp³-hybridized carbons (Fsp3) is 0.217. The Morgan fingerprint density at radius 1 is 0.750 bits per heavy atom. The lowest BCUT2D eigenvalue weighted by atomic mass is 10.1. The van der Waals surface area contributed by atoms with Crippen LogP contribution in [0.5, 0.6) is 17.2 Å². The summed E-state index contributed by atoms with van der Waals surface area (Å²) in [6.45, 7) is 2.17. The predicted octanol–water partition coefficient (Wildman–Crippen LogP) is 4.32. The third-order valence-corrected chi connectivity index (χ3v) is 7.54. The van der Waals surface area contributed by atoms with Crippen LogP contribution in [0.2, 0.25) is 0 Å². The average Bonchev–Trinajstić information content (AvgIpc) is 2.74.